The number of hydrogen-bond donors (Lipinski definition) is 5. The molecule has 1 aliphatic carbocycles. The summed E-state index contributed by atoms with van der Waals surface area (Å²) in [4.78, 5) is 14.6. The number of imidazole rings is 1. The molecule has 1 aliphatic heterocycles. The lowest BCUT2D eigenvalue weighted by Crippen LogP contribution is -2.39. The molecule has 7 rings (SSSR count). The van der Waals surface area contributed by atoms with Crippen molar-refractivity contribution >= 4 is 17.0 Å². The molecular formula is C39H47N7O4. The zero-order valence-corrected chi connectivity index (χ0v) is 28.4. The van der Waals surface area contributed by atoms with Crippen molar-refractivity contribution in [1.82, 2.24) is 30.2 Å². The van der Waals surface area contributed by atoms with Crippen LogP contribution in [-0.4, -0.2) is 80.4 Å². The zero-order valence-electron chi connectivity index (χ0n) is 28.4. The fourth-order valence-electron chi connectivity index (χ4n) is 7.20. The first-order chi connectivity index (χ1) is 24.6. The molecule has 0 bridgehead atoms. The molecule has 5 N–H and O–H groups in total. The second-order valence-corrected chi connectivity index (χ2v) is 13.4. The largest absolute Gasteiger partial charge is 0.387 e. The molecule has 4 atom stereocenters. The molecule has 2 fully saturated rings. The lowest BCUT2D eigenvalue weighted by Gasteiger charge is -2.30. The molecule has 11 nitrogen and oxygen atoms in total. The van der Waals surface area contributed by atoms with E-state index in [0.717, 1.165) is 32.2 Å². The van der Waals surface area contributed by atoms with Crippen LogP contribution in [0.4, 0.5) is 5.82 Å². The van der Waals surface area contributed by atoms with Gasteiger partial charge in [-0.05, 0) is 42.4 Å². The van der Waals surface area contributed by atoms with Crippen LogP contribution >= 0.6 is 0 Å². The van der Waals surface area contributed by atoms with Gasteiger partial charge in [0, 0.05) is 38.2 Å². The molecule has 2 aliphatic rings. The van der Waals surface area contributed by atoms with Gasteiger partial charge >= 0.3 is 0 Å². The van der Waals surface area contributed by atoms with E-state index in [1.165, 1.54) is 16.7 Å². The van der Waals surface area contributed by atoms with Gasteiger partial charge in [-0.2, -0.15) is 0 Å². The average molecular weight is 678 g/mol. The molecule has 262 valence electrons. The number of nitrogens with zero attached hydrogens (tertiary/aromatic N) is 4. The Kier molecular flexibility index (Phi) is 11.1. The van der Waals surface area contributed by atoms with Crippen LogP contribution in [0.25, 0.3) is 11.2 Å². The Morgan fingerprint density at radius 2 is 1.40 bits per heavy atom. The highest BCUT2D eigenvalue weighted by atomic mass is 16.6. The third kappa shape index (κ3) is 7.88. The third-order valence-corrected chi connectivity index (χ3v) is 10.0. The van der Waals surface area contributed by atoms with Crippen molar-refractivity contribution in [2.24, 2.45) is 0 Å². The van der Waals surface area contributed by atoms with Crippen LogP contribution in [0.3, 0.4) is 0 Å². The monoisotopic (exact) mass is 677 g/mol. The second-order valence-electron chi connectivity index (χ2n) is 13.4. The van der Waals surface area contributed by atoms with E-state index in [1.54, 1.807) is 18.0 Å². The Bertz CT molecular complexity index is 1740. The van der Waals surface area contributed by atoms with Gasteiger partial charge in [0.2, 0.25) is 0 Å². The summed E-state index contributed by atoms with van der Waals surface area (Å²) in [5.41, 5.74) is 4.79. The van der Waals surface area contributed by atoms with E-state index in [2.05, 4.69) is 94.8 Å². The molecule has 2 aromatic heterocycles. The number of rotatable bonds is 14. The van der Waals surface area contributed by atoms with Gasteiger partial charge in [0.05, 0.1) is 19.5 Å². The van der Waals surface area contributed by atoms with Gasteiger partial charge in [0.25, 0.3) is 0 Å². The highest BCUT2D eigenvalue weighted by molar-refractivity contribution is 5.83. The first-order valence-corrected chi connectivity index (χ1v) is 17.7. The Balaban J connectivity index is 1.10. The van der Waals surface area contributed by atoms with Crippen molar-refractivity contribution in [3.63, 3.8) is 0 Å². The van der Waals surface area contributed by atoms with E-state index in [1.807, 2.05) is 12.1 Å². The predicted octanol–water partition coefficient (Wildman–Crippen LogP) is 4.53. The van der Waals surface area contributed by atoms with Crippen LogP contribution in [0.1, 0.15) is 60.3 Å². The van der Waals surface area contributed by atoms with Gasteiger partial charge in [0.1, 0.15) is 24.1 Å². The molecule has 1 saturated carbocycles. The summed E-state index contributed by atoms with van der Waals surface area (Å²) in [7, 11) is 1.54. The molecule has 11 heteroatoms. The molecule has 0 spiro atoms. The number of anilines is 1. The third-order valence-electron chi connectivity index (χ3n) is 10.0. The number of methoxy groups -OCH3 is 1. The summed E-state index contributed by atoms with van der Waals surface area (Å²) in [6, 6.07) is 32.3. The maximum atomic E-state index is 11.0. The smallest absolute Gasteiger partial charge is 0.168 e. The summed E-state index contributed by atoms with van der Waals surface area (Å²) in [6.07, 6.45) is 2.11. The van der Waals surface area contributed by atoms with Gasteiger partial charge in [-0.1, -0.05) is 91.0 Å². The van der Waals surface area contributed by atoms with E-state index in [9.17, 15) is 10.2 Å². The molecule has 1 saturated heterocycles. The van der Waals surface area contributed by atoms with E-state index in [-0.39, 0.29) is 12.5 Å². The number of nitrogens with one attached hydrogen (secondary N) is 3. The topological polar surface area (TPSA) is 139 Å². The van der Waals surface area contributed by atoms with Crippen LogP contribution < -0.4 is 16.0 Å². The first kappa shape index (κ1) is 34.2. The molecule has 0 unspecified atom stereocenters. The Hall–Kier alpha value is -4.23. The van der Waals surface area contributed by atoms with Crippen molar-refractivity contribution in [2.45, 2.75) is 81.3 Å². The van der Waals surface area contributed by atoms with E-state index in [0.29, 0.717) is 48.0 Å². The molecule has 5 aromatic rings. The minimum Gasteiger partial charge on any atom is -0.387 e. The fourth-order valence-corrected chi connectivity index (χ4v) is 7.20. The highest BCUT2D eigenvalue weighted by Crippen LogP contribution is 2.33. The molecule has 3 heterocycles. The lowest BCUT2D eigenvalue weighted by molar-refractivity contribution is -0.0580. The van der Waals surface area contributed by atoms with Crippen molar-refractivity contribution < 1.29 is 19.7 Å². The number of aromatic nitrogens is 4. The molecular weight excluding hydrogens is 630 g/mol. The Labute approximate surface area is 293 Å². The van der Waals surface area contributed by atoms with Gasteiger partial charge in [-0.25, -0.2) is 15.0 Å². The lowest BCUT2D eigenvalue weighted by atomic mass is 9.91. The molecule has 0 radical (unpaired) electrons. The van der Waals surface area contributed by atoms with Crippen molar-refractivity contribution in [1.29, 1.82) is 0 Å². The normalized spacial score (nSPS) is 23.8. The highest BCUT2D eigenvalue weighted by Gasteiger charge is 2.44. The average Bonchev–Trinajstić information content (AvgIpc) is 3.71. The minimum atomic E-state index is -1.17. The Morgan fingerprint density at radius 1 is 0.800 bits per heavy atom. The summed E-state index contributed by atoms with van der Waals surface area (Å²) in [5.74, 6) is 1.29. The van der Waals surface area contributed by atoms with E-state index >= 15 is 0 Å². The van der Waals surface area contributed by atoms with Crippen molar-refractivity contribution in [3.05, 3.63) is 120 Å². The molecule has 50 heavy (non-hydrogen) atoms. The summed E-state index contributed by atoms with van der Waals surface area (Å²) in [6.45, 7) is 2.10. The number of fused-ring (bicyclic) bond motifs is 1. The SMILES string of the molecule is COC[C@H]1O[C@@H](n2cnc3c(NCC(c4ccccc4)c4ccccc4)nc(CNC4CCC(NCc5ccccc5)CC4)nc32)[C@H](O)[C@@H]1O. The first-order valence-electron chi connectivity index (χ1n) is 17.7. The number of hydrogen-bond acceptors (Lipinski definition) is 10. The maximum absolute atomic E-state index is 11.0. The van der Waals surface area contributed by atoms with Crippen molar-refractivity contribution in [2.75, 3.05) is 25.6 Å². The van der Waals surface area contributed by atoms with E-state index in [4.69, 9.17) is 24.4 Å². The molecule has 3 aromatic carbocycles. The number of ether oxygens (including phenoxy) is 2. The second kappa shape index (κ2) is 16.2. The van der Waals surface area contributed by atoms with Crippen LogP contribution in [0, 0.1) is 0 Å². The van der Waals surface area contributed by atoms with E-state index < -0.39 is 24.5 Å². The maximum Gasteiger partial charge on any atom is 0.168 e. The van der Waals surface area contributed by atoms with Crippen LogP contribution in [0.15, 0.2) is 97.3 Å². The standard InChI is InChI=1S/C39H47N7O4/c1-49-24-32-35(47)36(48)39(50-32)46-25-43-34-37(42-22-31(27-13-7-3-8-14-27)28-15-9-4-10-16-28)44-33(45-38(34)46)23-41-30-19-17-29(18-20-30)40-21-26-11-5-2-6-12-26/h2-16,25,29-32,35-36,39-41,47-48H,17-24H2,1H3,(H,42,44,45)/t29?,30?,32-,35-,36-,39-/m1/s1. The Morgan fingerprint density at radius 3 is 2.02 bits per heavy atom. The van der Waals surface area contributed by atoms with Gasteiger partial charge in [0.15, 0.2) is 23.2 Å². The van der Waals surface area contributed by atoms with Crippen molar-refractivity contribution in [3.8, 4) is 0 Å². The van der Waals surface area contributed by atoms with Gasteiger partial charge in [-0.3, -0.25) is 4.57 Å². The minimum absolute atomic E-state index is 0.0710. The van der Waals surface area contributed by atoms with Crippen LogP contribution in [0.5, 0.6) is 0 Å². The predicted molar refractivity (Wildman–Crippen MR) is 193 cm³/mol. The van der Waals surface area contributed by atoms with Crippen LogP contribution in [-0.2, 0) is 22.6 Å². The number of aliphatic hydroxyl groups excluding tert-OH is 2. The summed E-state index contributed by atoms with van der Waals surface area (Å²) in [5, 5.41) is 32.7. The molecule has 0 amide bonds. The quantitative estimate of drug-likeness (QED) is 0.114. The number of benzene rings is 3. The van der Waals surface area contributed by atoms with Gasteiger partial charge in [-0.15, -0.1) is 0 Å². The zero-order chi connectivity index (χ0) is 34.3. The number of aliphatic hydroxyl groups is 2. The van der Waals surface area contributed by atoms with Gasteiger partial charge < -0.3 is 35.6 Å². The fraction of sp³-hybridized carbons (Fsp3) is 0.410. The summed E-state index contributed by atoms with van der Waals surface area (Å²) < 4.78 is 13.0. The summed E-state index contributed by atoms with van der Waals surface area (Å²) >= 11 is 0. The van der Waals surface area contributed by atoms with Crippen LogP contribution in [0.2, 0.25) is 0 Å².